The van der Waals surface area contributed by atoms with E-state index in [-0.39, 0.29) is 35.3 Å². The summed E-state index contributed by atoms with van der Waals surface area (Å²) in [6, 6.07) is 9.78. The smallest absolute Gasteiger partial charge is 0.315 e. The molecule has 1 aliphatic rings. The van der Waals surface area contributed by atoms with Gasteiger partial charge in [-0.25, -0.2) is 0 Å². The Balaban J connectivity index is 1.84. The van der Waals surface area contributed by atoms with Crippen molar-refractivity contribution in [2.75, 3.05) is 24.4 Å². The van der Waals surface area contributed by atoms with E-state index < -0.39 is 12.2 Å². The first kappa shape index (κ1) is 24.0. The van der Waals surface area contributed by atoms with Crippen molar-refractivity contribution in [3.05, 3.63) is 48.0 Å². The summed E-state index contributed by atoms with van der Waals surface area (Å²) in [4.78, 5) is 23.4. The van der Waals surface area contributed by atoms with Crippen LogP contribution in [-0.2, 0) is 14.3 Å². The number of hydrogen-bond donors (Lipinski definition) is 2. The molecule has 0 aromatic heterocycles. The Hall–Kier alpha value is -1.28. The van der Waals surface area contributed by atoms with Crippen molar-refractivity contribution in [1.82, 2.24) is 0 Å². The summed E-state index contributed by atoms with van der Waals surface area (Å²) in [5.74, 6) is 1.41. The number of Topliss-reactive ketones (excluding diaryl/α,β-unsaturated/α-hetero) is 1. The van der Waals surface area contributed by atoms with Crippen LogP contribution in [0.15, 0.2) is 42.5 Å². The molecule has 7 heteroatoms. The molecule has 2 N–H and O–H groups in total. The van der Waals surface area contributed by atoms with Crippen LogP contribution >= 0.6 is 23.5 Å². The van der Waals surface area contributed by atoms with Gasteiger partial charge in [0.15, 0.2) is 0 Å². The minimum absolute atomic E-state index is 0.0601. The summed E-state index contributed by atoms with van der Waals surface area (Å²) in [5.41, 5.74) is 1.04. The lowest BCUT2D eigenvalue weighted by Crippen LogP contribution is -2.22. The predicted octanol–water partition coefficient (Wildman–Crippen LogP) is 3.06. The lowest BCUT2D eigenvalue weighted by Gasteiger charge is -2.20. The number of methoxy groups -OCH3 is 1. The maximum absolute atomic E-state index is 12.3. The SMILES string of the molecule is COC(=O)CSCCCS[C@H]1C(=O)C[C@@H](O)[C@@H]1C=CC(O)C(C)c1ccccc1. The van der Waals surface area contributed by atoms with E-state index in [4.69, 9.17) is 0 Å². The van der Waals surface area contributed by atoms with Gasteiger partial charge < -0.3 is 14.9 Å². The van der Waals surface area contributed by atoms with Gasteiger partial charge in [0, 0.05) is 18.3 Å². The van der Waals surface area contributed by atoms with Crippen LogP contribution in [-0.4, -0.2) is 63.8 Å². The summed E-state index contributed by atoms with van der Waals surface area (Å²) >= 11 is 3.07. The fourth-order valence-corrected chi connectivity index (χ4v) is 5.56. The van der Waals surface area contributed by atoms with Gasteiger partial charge in [-0.2, -0.15) is 11.8 Å². The van der Waals surface area contributed by atoms with Crippen molar-refractivity contribution in [2.24, 2.45) is 5.92 Å². The van der Waals surface area contributed by atoms with Gasteiger partial charge in [-0.3, -0.25) is 9.59 Å². The summed E-state index contributed by atoms with van der Waals surface area (Å²) < 4.78 is 4.60. The minimum Gasteiger partial charge on any atom is -0.468 e. The van der Waals surface area contributed by atoms with E-state index in [0.717, 1.165) is 23.5 Å². The highest BCUT2D eigenvalue weighted by molar-refractivity contribution is 8.01. The van der Waals surface area contributed by atoms with E-state index in [9.17, 15) is 19.8 Å². The Labute approximate surface area is 181 Å². The highest BCUT2D eigenvalue weighted by Crippen LogP contribution is 2.35. The number of thioether (sulfide) groups is 2. The molecular formula is C22H30O5S2. The second-order valence-electron chi connectivity index (χ2n) is 7.16. The first-order chi connectivity index (χ1) is 13.9. The molecule has 5 atom stereocenters. The highest BCUT2D eigenvalue weighted by Gasteiger charge is 2.40. The van der Waals surface area contributed by atoms with Gasteiger partial charge in [0.05, 0.1) is 30.3 Å². The Morgan fingerprint density at radius 3 is 2.72 bits per heavy atom. The van der Waals surface area contributed by atoms with Crippen molar-refractivity contribution in [3.63, 3.8) is 0 Å². The predicted molar refractivity (Wildman–Crippen MR) is 119 cm³/mol. The minimum atomic E-state index is -0.704. The third kappa shape index (κ3) is 7.48. The molecule has 5 nitrogen and oxygen atoms in total. The van der Waals surface area contributed by atoms with Crippen LogP contribution in [0.3, 0.4) is 0 Å². The van der Waals surface area contributed by atoms with Gasteiger partial charge in [0.1, 0.15) is 5.78 Å². The molecule has 0 heterocycles. The first-order valence-corrected chi connectivity index (χ1v) is 12.0. The van der Waals surface area contributed by atoms with Crippen LogP contribution < -0.4 is 0 Å². The van der Waals surface area contributed by atoms with E-state index >= 15 is 0 Å². The van der Waals surface area contributed by atoms with Gasteiger partial charge >= 0.3 is 5.97 Å². The number of benzene rings is 1. The Morgan fingerprint density at radius 2 is 2.03 bits per heavy atom. The summed E-state index contributed by atoms with van der Waals surface area (Å²) in [5, 5.41) is 20.5. The zero-order valence-corrected chi connectivity index (χ0v) is 18.5. The molecule has 1 aromatic carbocycles. The van der Waals surface area contributed by atoms with Gasteiger partial charge in [0.25, 0.3) is 0 Å². The fourth-order valence-electron chi connectivity index (χ4n) is 3.26. The van der Waals surface area contributed by atoms with E-state index in [1.165, 1.54) is 18.9 Å². The number of ketones is 1. The third-order valence-corrected chi connectivity index (χ3v) is 7.55. The number of hydrogen-bond acceptors (Lipinski definition) is 7. The van der Waals surface area contributed by atoms with Crippen molar-refractivity contribution in [1.29, 1.82) is 0 Å². The van der Waals surface area contributed by atoms with Gasteiger partial charge in [0.2, 0.25) is 0 Å². The number of ether oxygens (including phenoxy) is 1. The summed E-state index contributed by atoms with van der Waals surface area (Å²) in [6.45, 7) is 1.96. The van der Waals surface area contributed by atoms with Crippen LogP contribution in [0.1, 0.15) is 31.2 Å². The number of carbonyl (C=O) groups excluding carboxylic acids is 2. The molecule has 1 saturated carbocycles. The average molecular weight is 439 g/mol. The van der Waals surface area contributed by atoms with Gasteiger partial charge in [-0.05, 0) is 23.5 Å². The van der Waals surface area contributed by atoms with E-state index in [0.29, 0.717) is 5.75 Å². The first-order valence-electron chi connectivity index (χ1n) is 9.82. The Morgan fingerprint density at radius 1 is 1.31 bits per heavy atom. The van der Waals surface area contributed by atoms with Crippen LogP contribution in [0.5, 0.6) is 0 Å². The Bertz CT molecular complexity index is 679. The molecule has 0 saturated heterocycles. The molecule has 1 aliphatic carbocycles. The Kier molecular flexibility index (Phi) is 10.3. The lowest BCUT2D eigenvalue weighted by molar-refractivity contribution is -0.137. The molecule has 160 valence electrons. The largest absolute Gasteiger partial charge is 0.468 e. The number of carbonyl (C=O) groups is 2. The zero-order chi connectivity index (χ0) is 21.2. The number of aliphatic hydroxyl groups excluding tert-OH is 2. The van der Waals surface area contributed by atoms with E-state index in [1.807, 2.05) is 43.3 Å². The molecule has 0 spiro atoms. The van der Waals surface area contributed by atoms with Gasteiger partial charge in [-0.15, -0.1) is 11.8 Å². The van der Waals surface area contributed by atoms with Gasteiger partial charge in [-0.1, -0.05) is 49.4 Å². The molecule has 0 bridgehead atoms. The third-order valence-electron chi connectivity index (χ3n) is 5.07. The van der Waals surface area contributed by atoms with Crippen LogP contribution in [0.25, 0.3) is 0 Å². The average Bonchev–Trinajstić information content (AvgIpc) is 3.00. The molecule has 1 fully saturated rings. The second kappa shape index (κ2) is 12.4. The quantitative estimate of drug-likeness (QED) is 0.312. The van der Waals surface area contributed by atoms with Crippen molar-refractivity contribution < 1.29 is 24.5 Å². The van der Waals surface area contributed by atoms with Crippen LogP contribution in [0.2, 0.25) is 0 Å². The molecule has 0 aliphatic heterocycles. The number of esters is 1. The molecule has 0 radical (unpaired) electrons. The van der Waals surface area contributed by atoms with Crippen molar-refractivity contribution in [3.8, 4) is 0 Å². The summed E-state index contributed by atoms with van der Waals surface area (Å²) in [6.07, 6.45) is 3.17. The molecule has 2 unspecified atom stereocenters. The highest BCUT2D eigenvalue weighted by atomic mass is 32.2. The van der Waals surface area contributed by atoms with Crippen molar-refractivity contribution in [2.45, 2.75) is 43.1 Å². The zero-order valence-electron chi connectivity index (χ0n) is 16.9. The maximum atomic E-state index is 12.3. The normalized spacial score (nSPS) is 24.0. The fraction of sp³-hybridized carbons (Fsp3) is 0.545. The second-order valence-corrected chi connectivity index (χ2v) is 9.52. The molecule has 1 aromatic rings. The van der Waals surface area contributed by atoms with Crippen molar-refractivity contribution >= 4 is 35.3 Å². The standard InChI is InChI=1S/C22H30O5S2/c1-15(16-7-4-3-5-8-16)18(23)10-9-17-19(24)13-20(25)22(17)29-12-6-11-28-14-21(26)27-2/h3-5,7-10,15,17-19,22-24H,6,11-14H2,1-2H3/t15?,17-,18?,19+,22+/m0/s1. The molecule has 0 amide bonds. The van der Waals surface area contributed by atoms with E-state index in [2.05, 4.69) is 4.74 Å². The maximum Gasteiger partial charge on any atom is 0.315 e. The molecule has 2 rings (SSSR count). The van der Waals surface area contributed by atoms with E-state index in [1.54, 1.807) is 17.8 Å². The lowest BCUT2D eigenvalue weighted by atomic mass is 9.94. The topological polar surface area (TPSA) is 83.8 Å². The van der Waals surface area contributed by atoms with Crippen LogP contribution in [0, 0.1) is 5.92 Å². The summed E-state index contributed by atoms with van der Waals surface area (Å²) in [7, 11) is 1.38. The molecule has 29 heavy (non-hydrogen) atoms. The monoisotopic (exact) mass is 438 g/mol. The molecular weight excluding hydrogens is 408 g/mol. The number of aliphatic hydroxyl groups is 2. The van der Waals surface area contributed by atoms with Crippen LogP contribution in [0.4, 0.5) is 0 Å². The number of rotatable bonds is 11.